The summed E-state index contributed by atoms with van der Waals surface area (Å²) in [6.45, 7) is 0.444. The first kappa shape index (κ1) is 15.2. The molecule has 1 aliphatic carbocycles. The quantitative estimate of drug-likeness (QED) is 0.878. The van der Waals surface area contributed by atoms with Gasteiger partial charge in [-0.15, -0.1) is 0 Å². The molecular weight excluding hydrogens is 288 g/mol. The van der Waals surface area contributed by atoms with E-state index in [9.17, 15) is 9.90 Å². The Labute approximate surface area is 135 Å². The van der Waals surface area contributed by atoms with Crippen LogP contribution >= 0.6 is 0 Å². The lowest BCUT2D eigenvalue weighted by molar-refractivity contribution is -0.116. The van der Waals surface area contributed by atoms with Gasteiger partial charge >= 0.3 is 0 Å². The first-order chi connectivity index (χ1) is 11.2. The minimum Gasteiger partial charge on any atom is -0.511 e. The second kappa shape index (κ2) is 7.01. The number of benzene rings is 1. The number of pyridine rings is 1. The number of nitrogens with zero attached hydrogens (tertiary/aromatic N) is 2. The average molecular weight is 306 g/mol. The van der Waals surface area contributed by atoms with E-state index in [2.05, 4.69) is 9.98 Å². The predicted molar refractivity (Wildman–Crippen MR) is 89.5 cm³/mol. The van der Waals surface area contributed by atoms with Crippen LogP contribution < -0.4 is 0 Å². The molecule has 1 aliphatic rings. The molecule has 1 unspecified atom stereocenters. The zero-order chi connectivity index (χ0) is 16.1. The second-order valence-corrected chi connectivity index (χ2v) is 5.63. The first-order valence-electron chi connectivity index (χ1n) is 7.63. The van der Waals surface area contributed by atoms with Crippen molar-refractivity contribution < 1.29 is 9.90 Å². The summed E-state index contributed by atoms with van der Waals surface area (Å²) >= 11 is 0. The number of aliphatic hydroxyl groups is 1. The number of aromatic nitrogens is 1. The van der Waals surface area contributed by atoms with E-state index in [1.54, 1.807) is 12.4 Å². The van der Waals surface area contributed by atoms with Crippen molar-refractivity contribution in [2.45, 2.75) is 25.3 Å². The zero-order valence-corrected chi connectivity index (χ0v) is 12.7. The number of aliphatic imine (C=N–C) groups is 1. The molecule has 1 N–H and O–H groups in total. The van der Waals surface area contributed by atoms with Gasteiger partial charge in [0.05, 0.1) is 12.1 Å². The SMILES string of the molecule is O=C1CC(c2ccccc2)CC(O)=C1C=NCc1cccnc1. The van der Waals surface area contributed by atoms with Crippen molar-refractivity contribution in [2.75, 3.05) is 0 Å². The Balaban J connectivity index is 1.71. The van der Waals surface area contributed by atoms with E-state index in [1.165, 1.54) is 6.21 Å². The lowest BCUT2D eigenvalue weighted by Crippen LogP contribution is -2.19. The van der Waals surface area contributed by atoms with Gasteiger partial charge in [0, 0.05) is 31.4 Å². The van der Waals surface area contributed by atoms with Crippen molar-refractivity contribution in [1.29, 1.82) is 0 Å². The third-order valence-corrected chi connectivity index (χ3v) is 3.97. The normalized spacial score (nSPS) is 18.6. The molecular formula is C19H18N2O2. The van der Waals surface area contributed by atoms with Gasteiger partial charge in [-0.05, 0) is 23.1 Å². The number of carbonyl (C=O) groups is 1. The Morgan fingerprint density at radius 3 is 2.70 bits per heavy atom. The molecule has 3 rings (SSSR count). The van der Waals surface area contributed by atoms with Crippen molar-refractivity contribution in [3.05, 3.63) is 77.3 Å². The van der Waals surface area contributed by atoms with E-state index in [-0.39, 0.29) is 17.5 Å². The Morgan fingerprint density at radius 1 is 1.17 bits per heavy atom. The highest BCUT2D eigenvalue weighted by Gasteiger charge is 2.27. The highest BCUT2D eigenvalue weighted by Crippen LogP contribution is 2.32. The Kier molecular flexibility index (Phi) is 4.62. The van der Waals surface area contributed by atoms with Gasteiger partial charge in [-0.3, -0.25) is 14.8 Å². The average Bonchev–Trinajstić information content (AvgIpc) is 2.59. The maximum absolute atomic E-state index is 12.3. The van der Waals surface area contributed by atoms with E-state index in [0.29, 0.717) is 25.0 Å². The van der Waals surface area contributed by atoms with Gasteiger partial charge in [0.25, 0.3) is 0 Å². The fourth-order valence-electron chi connectivity index (χ4n) is 2.75. The summed E-state index contributed by atoms with van der Waals surface area (Å²) in [5.74, 6) is 0.113. The third kappa shape index (κ3) is 3.72. The largest absolute Gasteiger partial charge is 0.511 e. The predicted octanol–water partition coefficient (Wildman–Crippen LogP) is 3.61. The number of rotatable bonds is 4. The molecule has 1 aromatic heterocycles. The van der Waals surface area contributed by atoms with Crippen LogP contribution in [0.15, 0.2) is 71.2 Å². The number of Topliss-reactive ketones (excluding diaryl/α,β-unsaturated/α-hetero) is 1. The van der Waals surface area contributed by atoms with Crippen LogP contribution in [0.3, 0.4) is 0 Å². The molecule has 0 fully saturated rings. The summed E-state index contributed by atoms with van der Waals surface area (Å²) in [6, 6.07) is 13.6. The summed E-state index contributed by atoms with van der Waals surface area (Å²) in [7, 11) is 0. The van der Waals surface area contributed by atoms with Gasteiger partial charge in [0.2, 0.25) is 0 Å². The molecule has 116 valence electrons. The zero-order valence-electron chi connectivity index (χ0n) is 12.7. The molecule has 0 amide bonds. The number of allylic oxidation sites excluding steroid dienone is 2. The van der Waals surface area contributed by atoms with Crippen molar-refractivity contribution in [2.24, 2.45) is 4.99 Å². The van der Waals surface area contributed by atoms with E-state index in [1.807, 2.05) is 42.5 Å². The van der Waals surface area contributed by atoms with Gasteiger partial charge < -0.3 is 5.11 Å². The number of aliphatic hydroxyl groups excluding tert-OH is 1. The van der Waals surface area contributed by atoms with E-state index in [0.717, 1.165) is 11.1 Å². The molecule has 4 heteroatoms. The molecule has 1 atom stereocenters. The molecule has 0 saturated heterocycles. The lowest BCUT2D eigenvalue weighted by Gasteiger charge is -2.22. The van der Waals surface area contributed by atoms with Crippen LogP contribution in [0, 0.1) is 0 Å². The van der Waals surface area contributed by atoms with Crippen LogP contribution in [-0.2, 0) is 11.3 Å². The third-order valence-electron chi connectivity index (χ3n) is 3.97. The van der Waals surface area contributed by atoms with E-state index >= 15 is 0 Å². The number of hydrogen-bond acceptors (Lipinski definition) is 4. The number of carbonyl (C=O) groups excluding carboxylic acids is 1. The van der Waals surface area contributed by atoms with Crippen molar-refractivity contribution in [1.82, 2.24) is 4.98 Å². The van der Waals surface area contributed by atoms with Crippen molar-refractivity contribution in [3.63, 3.8) is 0 Å². The van der Waals surface area contributed by atoms with Gasteiger partial charge in [-0.1, -0.05) is 36.4 Å². The highest BCUT2D eigenvalue weighted by molar-refractivity contribution is 6.14. The summed E-state index contributed by atoms with van der Waals surface area (Å²) < 4.78 is 0. The van der Waals surface area contributed by atoms with Gasteiger partial charge in [0.15, 0.2) is 5.78 Å². The van der Waals surface area contributed by atoms with Crippen LogP contribution in [-0.4, -0.2) is 22.1 Å². The molecule has 1 aromatic carbocycles. The molecule has 0 radical (unpaired) electrons. The molecule has 1 heterocycles. The lowest BCUT2D eigenvalue weighted by atomic mass is 9.83. The number of ketones is 1. The summed E-state index contributed by atoms with van der Waals surface area (Å²) in [5, 5.41) is 10.2. The summed E-state index contributed by atoms with van der Waals surface area (Å²) in [6.07, 6.45) is 5.81. The Hall–Kier alpha value is -2.75. The fourth-order valence-corrected chi connectivity index (χ4v) is 2.75. The standard InChI is InChI=1S/C19H18N2O2/c22-18-9-16(15-6-2-1-3-7-15)10-19(23)17(18)13-21-12-14-5-4-8-20-11-14/h1-8,11,13,16,22H,9-10,12H2. The Morgan fingerprint density at radius 2 is 2.00 bits per heavy atom. The fraction of sp³-hybridized carbons (Fsp3) is 0.211. The van der Waals surface area contributed by atoms with Crippen LogP contribution in [0.4, 0.5) is 0 Å². The van der Waals surface area contributed by atoms with Crippen LogP contribution in [0.25, 0.3) is 0 Å². The Bertz CT molecular complexity index is 736. The minimum atomic E-state index is -0.0578. The smallest absolute Gasteiger partial charge is 0.168 e. The van der Waals surface area contributed by atoms with Crippen molar-refractivity contribution in [3.8, 4) is 0 Å². The second-order valence-electron chi connectivity index (χ2n) is 5.63. The van der Waals surface area contributed by atoms with Crippen molar-refractivity contribution >= 4 is 12.0 Å². The van der Waals surface area contributed by atoms with Crippen LogP contribution in [0.5, 0.6) is 0 Å². The molecule has 0 spiro atoms. The summed E-state index contributed by atoms with van der Waals surface area (Å²) in [4.78, 5) is 20.6. The van der Waals surface area contributed by atoms with Gasteiger partial charge in [0.1, 0.15) is 5.76 Å². The van der Waals surface area contributed by atoms with E-state index < -0.39 is 0 Å². The maximum atomic E-state index is 12.3. The molecule has 23 heavy (non-hydrogen) atoms. The topological polar surface area (TPSA) is 62.5 Å². The van der Waals surface area contributed by atoms with Gasteiger partial charge in [-0.25, -0.2) is 0 Å². The highest BCUT2D eigenvalue weighted by atomic mass is 16.3. The molecule has 4 nitrogen and oxygen atoms in total. The number of hydrogen-bond donors (Lipinski definition) is 1. The van der Waals surface area contributed by atoms with Gasteiger partial charge in [-0.2, -0.15) is 0 Å². The maximum Gasteiger partial charge on any atom is 0.168 e. The van der Waals surface area contributed by atoms with Crippen LogP contribution in [0.1, 0.15) is 29.9 Å². The minimum absolute atomic E-state index is 0.0409. The molecule has 0 aliphatic heterocycles. The van der Waals surface area contributed by atoms with Crippen LogP contribution in [0.2, 0.25) is 0 Å². The molecule has 0 saturated carbocycles. The first-order valence-corrected chi connectivity index (χ1v) is 7.63. The molecule has 2 aromatic rings. The molecule has 0 bridgehead atoms. The van der Waals surface area contributed by atoms with E-state index in [4.69, 9.17) is 0 Å². The monoisotopic (exact) mass is 306 g/mol. The summed E-state index contributed by atoms with van der Waals surface area (Å²) in [5.41, 5.74) is 2.38.